The van der Waals surface area contributed by atoms with Gasteiger partial charge in [-0.05, 0) is 38.3 Å². The maximum atomic E-state index is 13.1. The number of aryl methyl sites for hydroxylation is 1. The highest BCUT2D eigenvalue weighted by Gasteiger charge is 2.56. The number of aliphatic hydroxyl groups is 1. The molecule has 1 spiro atoms. The smallest absolute Gasteiger partial charge is 0.261 e. The topological polar surface area (TPSA) is 82.6 Å². The zero-order valence-electron chi connectivity index (χ0n) is 15.8. The molecule has 2 heterocycles. The number of aliphatic hydroxyl groups excluding tert-OH is 1. The van der Waals surface area contributed by atoms with Gasteiger partial charge in [0.2, 0.25) is 0 Å². The van der Waals surface area contributed by atoms with Crippen LogP contribution in [0.2, 0.25) is 0 Å². The molecule has 27 heavy (non-hydrogen) atoms. The number of aromatic nitrogens is 1. The average molecular weight is 370 g/mol. The molecule has 1 amide bonds. The van der Waals surface area contributed by atoms with Crippen molar-refractivity contribution in [1.82, 2.24) is 9.88 Å². The summed E-state index contributed by atoms with van der Waals surface area (Å²) >= 11 is 0. The minimum atomic E-state index is -0.364. The summed E-state index contributed by atoms with van der Waals surface area (Å²) in [5.41, 5.74) is 1.10. The van der Waals surface area contributed by atoms with E-state index in [9.17, 15) is 14.7 Å². The first-order valence-corrected chi connectivity index (χ1v) is 9.68. The van der Waals surface area contributed by atoms with Crippen molar-refractivity contribution in [3.05, 3.63) is 45.7 Å². The van der Waals surface area contributed by atoms with E-state index in [2.05, 4.69) is 4.98 Å². The van der Waals surface area contributed by atoms with Crippen molar-refractivity contribution < 1.29 is 14.6 Å². The molecular formula is C21H26N2O4. The molecule has 2 aromatic rings. The van der Waals surface area contributed by atoms with Gasteiger partial charge < -0.3 is 19.7 Å². The first-order chi connectivity index (χ1) is 13.0. The quantitative estimate of drug-likeness (QED) is 0.868. The summed E-state index contributed by atoms with van der Waals surface area (Å²) in [5.74, 6) is -0.226. The van der Waals surface area contributed by atoms with E-state index >= 15 is 0 Å². The van der Waals surface area contributed by atoms with Crippen molar-refractivity contribution >= 4 is 16.8 Å². The van der Waals surface area contributed by atoms with Crippen molar-refractivity contribution in [3.8, 4) is 0 Å². The third-order valence-electron chi connectivity index (χ3n) is 6.49. The van der Waals surface area contributed by atoms with Gasteiger partial charge in [0.25, 0.3) is 11.5 Å². The number of H-pyrrole nitrogens is 1. The predicted molar refractivity (Wildman–Crippen MR) is 103 cm³/mol. The molecule has 2 aliphatic rings. The molecule has 6 nitrogen and oxygen atoms in total. The van der Waals surface area contributed by atoms with E-state index in [4.69, 9.17) is 4.74 Å². The van der Waals surface area contributed by atoms with E-state index < -0.39 is 0 Å². The van der Waals surface area contributed by atoms with Crippen molar-refractivity contribution in [1.29, 1.82) is 0 Å². The Kier molecular flexibility index (Phi) is 4.56. The first kappa shape index (κ1) is 18.2. The lowest BCUT2D eigenvalue weighted by atomic mass is 9.58. The van der Waals surface area contributed by atoms with E-state index in [0.29, 0.717) is 39.0 Å². The van der Waals surface area contributed by atoms with Crippen LogP contribution >= 0.6 is 0 Å². The van der Waals surface area contributed by atoms with Gasteiger partial charge >= 0.3 is 0 Å². The lowest BCUT2D eigenvalue weighted by Gasteiger charge is -2.56. The fourth-order valence-electron chi connectivity index (χ4n) is 4.77. The van der Waals surface area contributed by atoms with Crippen LogP contribution in [0.25, 0.3) is 10.9 Å². The molecule has 0 unspecified atom stereocenters. The molecule has 1 saturated carbocycles. The second kappa shape index (κ2) is 6.77. The number of benzene rings is 1. The second-order valence-corrected chi connectivity index (χ2v) is 7.72. The van der Waals surface area contributed by atoms with Gasteiger partial charge in [-0.15, -0.1) is 0 Å². The van der Waals surface area contributed by atoms with E-state index in [1.54, 1.807) is 4.90 Å². The lowest BCUT2D eigenvalue weighted by molar-refractivity contribution is -0.207. The molecule has 1 aromatic heterocycles. The highest BCUT2D eigenvalue weighted by Crippen LogP contribution is 2.51. The zero-order chi connectivity index (χ0) is 19.2. The van der Waals surface area contributed by atoms with Gasteiger partial charge in [-0.1, -0.05) is 18.2 Å². The highest BCUT2D eigenvalue weighted by atomic mass is 16.5. The molecule has 144 valence electrons. The van der Waals surface area contributed by atoms with Crippen LogP contribution in [0.5, 0.6) is 0 Å². The van der Waals surface area contributed by atoms with Crippen LogP contribution in [-0.4, -0.2) is 52.8 Å². The van der Waals surface area contributed by atoms with Gasteiger partial charge in [-0.3, -0.25) is 9.59 Å². The average Bonchev–Trinajstić information content (AvgIpc) is 2.68. The van der Waals surface area contributed by atoms with Crippen LogP contribution in [0, 0.1) is 12.3 Å². The van der Waals surface area contributed by atoms with E-state index in [-0.39, 0.29) is 34.7 Å². The normalized spacial score (nSPS) is 24.2. The molecule has 2 N–H and O–H groups in total. The van der Waals surface area contributed by atoms with Crippen LogP contribution in [-0.2, 0) is 4.74 Å². The van der Waals surface area contributed by atoms with Crippen molar-refractivity contribution in [2.24, 2.45) is 5.41 Å². The number of nitrogens with one attached hydrogen (secondary N) is 1. The summed E-state index contributed by atoms with van der Waals surface area (Å²) in [6.45, 7) is 5.49. The summed E-state index contributed by atoms with van der Waals surface area (Å²) in [6.07, 6.45) is 1.78. The van der Waals surface area contributed by atoms with Gasteiger partial charge in [0, 0.05) is 42.4 Å². The van der Waals surface area contributed by atoms with Crippen LogP contribution in [0.3, 0.4) is 0 Å². The maximum absolute atomic E-state index is 13.1. The summed E-state index contributed by atoms with van der Waals surface area (Å²) < 4.78 is 5.79. The number of carbonyl (C=O) groups excluding carboxylic acids is 1. The molecule has 4 rings (SSSR count). The number of hydrogen-bond donors (Lipinski definition) is 2. The Morgan fingerprint density at radius 1 is 1.33 bits per heavy atom. The molecule has 2 fully saturated rings. The van der Waals surface area contributed by atoms with Gasteiger partial charge in [-0.2, -0.15) is 0 Å². The molecule has 1 aromatic carbocycles. The maximum Gasteiger partial charge on any atom is 0.261 e. The Bertz CT molecular complexity index is 925. The van der Waals surface area contributed by atoms with Crippen LogP contribution in [0.4, 0.5) is 0 Å². The molecule has 1 saturated heterocycles. The number of likely N-dealkylation sites (tertiary alicyclic amines) is 1. The number of nitrogens with zero attached hydrogens (tertiary/aromatic N) is 1. The van der Waals surface area contributed by atoms with Crippen molar-refractivity contribution in [2.45, 2.75) is 45.3 Å². The number of pyridine rings is 1. The largest absolute Gasteiger partial charge is 0.392 e. The Balaban J connectivity index is 1.57. The Labute approximate surface area is 158 Å². The molecular weight excluding hydrogens is 344 g/mol. The number of carbonyl (C=O) groups is 1. The minimum absolute atomic E-state index is 0.0700. The SMILES string of the molecule is CCO[C@@H]1C[C@H](O)C12CCN(C(=O)c1c(C)c3ccccc3[nH]c1=O)CC2. The number of para-hydroxylation sites is 1. The fourth-order valence-corrected chi connectivity index (χ4v) is 4.77. The predicted octanol–water partition coefficient (Wildman–Crippen LogP) is 2.23. The number of aromatic amines is 1. The summed E-state index contributed by atoms with van der Waals surface area (Å²) in [7, 11) is 0. The summed E-state index contributed by atoms with van der Waals surface area (Å²) in [5, 5.41) is 11.2. The molecule has 1 aliphatic heterocycles. The van der Waals surface area contributed by atoms with Crippen LogP contribution in [0.1, 0.15) is 42.1 Å². The molecule has 2 atom stereocenters. The number of hydrogen-bond acceptors (Lipinski definition) is 4. The van der Waals surface area contributed by atoms with Crippen LogP contribution < -0.4 is 5.56 Å². The standard InChI is InChI=1S/C21H26N2O4/c1-3-27-17-12-16(24)21(17)8-10-23(11-9-21)20(26)18-13(2)14-6-4-5-7-15(14)22-19(18)25/h4-7,16-17,24H,3,8-12H2,1-2H3,(H,22,25)/t16-,17+/m0/s1. The highest BCUT2D eigenvalue weighted by molar-refractivity contribution is 5.99. The Hall–Kier alpha value is -2.18. The number of piperidine rings is 1. The first-order valence-electron chi connectivity index (χ1n) is 9.68. The van der Waals surface area contributed by atoms with E-state index in [0.717, 1.165) is 16.5 Å². The monoisotopic (exact) mass is 370 g/mol. The third-order valence-corrected chi connectivity index (χ3v) is 6.49. The summed E-state index contributed by atoms with van der Waals surface area (Å²) in [6, 6.07) is 7.52. The number of fused-ring (bicyclic) bond motifs is 1. The number of ether oxygens (including phenoxy) is 1. The Morgan fingerprint density at radius 3 is 2.70 bits per heavy atom. The zero-order valence-corrected chi connectivity index (χ0v) is 15.8. The molecule has 0 bridgehead atoms. The summed E-state index contributed by atoms with van der Waals surface area (Å²) in [4.78, 5) is 30.2. The van der Waals surface area contributed by atoms with E-state index in [1.165, 1.54) is 0 Å². The molecule has 0 radical (unpaired) electrons. The van der Waals surface area contributed by atoms with Crippen molar-refractivity contribution in [2.75, 3.05) is 19.7 Å². The minimum Gasteiger partial charge on any atom is -0.392 e. The van der Waals surface area contributed by atoms with Gasteiger partial charge in [0.1, 0.15) is 5.56 Å². The third kappa shape index (κ3) is 2.78. The number of amides is 1. The molecule has 6 heteroatoms. The number of rotatable bonds is 3. The van der Waals surface area contributed by atoms with Gasteiger partial charge in [-0.25, -0.2) is 0 Å². The van der Waals surface area contributed by atoms with Gasteiger partial charge in [0.15, 0.2) is 0 Å². The molecule has 1 aliphatic carbocycles. The fraction of sp³-hybridized carbons (Fsp3) is 0.524. The van der Waals surface area contributed by atoms with E-state index in [1.807, 2.05) is 38.1 Å². The lowest BCUT2D eigenvalue weighted by Crippen LogP contribution is -2.62. The van der Waals surface area contributed by atoms with Crippen LogP contribution in [0.15, 0.2) is 29.1 Å². The second-order valence-electron chi connectivity index (χ2n) is 7.72. The Morgan fingerprint density at radius 2 is 2.04 bits per heavy atom. The van der Waals surface area contributed by atoms with Gasteiger partial charge in [0.05, 0.1) is 12.2 Å². The van der Waals surface area contributed by atoms with Crippen molar-refractivity contribution in [3.63, 3.8) is 0 Å².